The fourth-order valence-electron chi connectivity index (χ4n) is 2.48. The third-order valence-corrected chi connectivity index (χ3v) is 4.99. The van der Waals surface area contributed by atoms with Crippen LogP contribution in [-0.4, -0.2) is 65.2 Å². The van der Waals surface area contributed by atoms with Crippen molar-refractivity contribution in [2.24, 2.45) is 5.41 Å². The SMILES string of the molecule is O=S1CCN(CC2(CO)CCOCC2)CC1. The normalized spacial score (nSPS) is 28.1. The Morgan fingerprint density at radius 3 is 2.44 bits per heavy atom. The summed E-state index contributed by atoms with van der Waals surface area (Å²) in [6, 6.07) is 0. The summed E-state index contributed by atoms with van der Waals surface area (Å²) in [6.07, 6.45) is 1.90. The van der Waals surface area contributed by atoms with Gasteiger partial charge in [0.1, 0.15) is 0 Å². The molecule has 0 atom stereocenters. The van der Waals surface area contributed by atoms with E-state index in [1.807, 2.05) is 0 Å². The Bertz CT molecular complexity index is 244. The third kappa shape index (κ3) is 3.03. The molecule has 0 unspecified atom stereocenters. The maximum atomic E-state index is 11.3. The van der Waals surface area contributed by atoms with Gasteiger partial charge in [-0.25, -0.2) is 0 Å². The fraction of sp³-hybridized carbons (Fsp3) is 1.00. The molecule has 2 heterocycles. The lowest BCUT2D eigenvalue weighted by Gasteiger charge is -2.40. The summed E-state index contributed by atoms with van der Waals surface area (Å²) < 4.78 is 16.6. The molecule has 5 heteroatoms. The van der Waals surface area contributed by atoms with Crippen LogP contribution in [0.5, 0.6) is 0 Å². The predicted octanol–water partition coefficient (Wildman–Crippen LogP) is -0.160. The van der Waals surface area contributed by atoms with Gasteiger partial charge in [-0.1, -0.05) is 0 Å². The number of aliphatic hydroxyl groups is 1. The molecule has 2 fully saturated rings. The highest BCUT2D eigenvalue weighted by Crippen LogP contribution is 2.31. The van der Waals surface area contributed by atoms with Crippen LogP contribution in [0.4, 0.5) is 0 Å². The summed E-state index contributed by atoms with van der Waals surface area (Å²) in [6.45, 7) is 4.53. The second kappa shape index (κ2) is 5.58. The third-order valence-electron chi connectivity index (χ3n) is 3.72. The van der Waals surface area contributed by atoms with Crippen LogP contribution in [0.2, 0.25) is 0 Å². The number of rotatable bonds is 3. The van der Waals surface area contributed by atoms with Crippen molar-refractivity contribution in [3.8, 4) is 0 Å². The van der Waals surface area contributed by atoms with Gasteiger partial charge >= 0.3 is 0 Å². The highest BCUT2D eigenvalue weighted by Gasteiger charge is 2.34. The summed E-state index contributed by atoms with van der Waals surface area (Å²) >= 11 is 0. The first-order valence-corrected chi connectivity index (χ1v) is 7.49. The molecule has 2 saturated heterocycles. The standard InChI is InChI=1S/C11H21NO3S/c13-10-11(1-5-15-6-2-11)9-12-3-7-16(14)8-4-12/h13H,1-10H2. The molecule has 16 heavy (non-hydrogen) atoms. The molecule has 94 valence electrons. The molecule has 0 amide bonds. The van der Waals surface area contributed by atoms with Gasteiger partial charge in [-0.05, 0) is 12.8 Å². The highest BCUT2D eigenvalue weighted by atomic mass is 32.2. The zero-order chi connectivity index (χ0) is 11.4. The molecular weight excluding hydrogens is 226 g/mol. The van der Waals surface area contributed by atoms with Crippen LogP contribution >= 0.6 is 0 Å². The Balaban J connectivity index is 1.88. The smallest absolute Gasteiger partial charge is 0.0501 e. The minimum absolute atomic E-state index is 0.0249. The van der Waals surface area contributed by atoms with Gasteiger partial charge in [0.2, 0.25) is 0 Å². The molecule has 2 aliphatic rings. The Morgan fingerprint density at radius 1 is 1.25 bits per heavy atom. The van der Waals surface area contributed by atoms with Gasteiger partial charge in [0, 0.05) is 60.6 Å². The fourth-order valence-corrected chi connectivity index (χ4v) is 3.61. The number of aliphatic hydroxyl groups excluding tert-OH is 1. The predicted molar refractivity (Wildman–Crippen MR) is 63.9 cm³/mol. The van der Waals surface area contributed by atoms with Crippen LogP contribution < -0.4 is 0 Å². The van der Waals surface area contributed by atoms with E-state index in [4.69, 9.17) is 4.74 Å². The first kappa shape index (κ1) is 12.5. The van der Waals surface area contributed by atoms with Gasteiger partial charge in [-0.2, -0.15) is 0 Å². The van der Waals surface area contributed by atoms with Gasteiger partial charge in [0.25, 0.3) is 0 Å². The summed E-state index contributed by atoms with van der Waals surface area (Å²) in [5, 5.41) is 9.58. The van der Waals surface area contributed by atoms with Crippen molar-refractivity contribution in [1.82, 2.24) is 4.90 Å². The van der Waals surface area contributed by atoms with E-state index >= 15 is 0 Å². The molecule has 4 nitrogen and oxygen atoms in total. The lowest BCUT2D eigenvalue weighted by atomic mass is 9.80. The quantitative estimate of drug-likeness (QED) is 0.753. The number of hydrogen-bond acceptors (Lipinski definition) is 4. The van der Waals surface area contributed by atoms with Gasteiger partial charge in [0.05, 0.1) is 6.61 Å². The van der Waals surface area contributed by atoms with Crippen molar-refractivity contribution in [2.75, 3.05) is 51.0 Å². The minimum atomic E-state index is -0.612. The van der Waals surface area contributed by atoms with Crippen molar-refractivity contribution >= 4 is 10.8 Å². The van der Waals surface area contributed by atoms with E-state index in [0.29, 0.717) is 0 Å². The number of ether oxygens (including phenoxy) is 1. The van der Waals surface area contributed by atoms with Crippen LogP contribution in [0.1, 0.15) is 12.8 Å². The summed E-state index contributed by atoms with van der Waals surface area (Å²) in [5.74, 6) is 1.58. The van der Waals surface area contributed by atoms with E-state index in [-0.39, 0.29) is 12.0 Å². The molecule has 0 bridgehead atoms. The van der Waals surface area contributed by atoms with Gasteiger partial charge in [-0.3, -0.25) is 4.21 Å². The second-order valence-electron chi connectivity index (χ2n) is 4.89. The molecule has 0 aromatic rings. The minimum Gasteiger partial charge on any atom is -0.396 e. The summed E-state index contributed by atoms with van der Waals surface area (Å²) in [4.78, 5) is 2.35. The first-order valence-electron chi connectivity index (χ1n) is 6.00. The number of hydrogen-bond donors (Lipinski definition) is 1. The van der Waals surface area contributed by atoms with Crippen molar-refractivity contribution in [2.45, 2.75) is 12.8 Å². The average Bonchev–Trinajstić information content (AvgIpc) is 2.33. The molecule has 0 aromatic carbocycles. The molecule has 0 saturated carbocycles. The average molecular weight is 247 g/mol. The highest BCUT2D eigenvalue weighted by molar-refractivity contribution is 7.85. The van der Waals surface area contributed by atoms with Gasteiger partial charge in [-0.15, -0.1) is 0 Å². The van der Waals surface area contributed by atoms with Crippen LogP contribution in [-0.2, 0) is 15.5 Å². The number of nitrogens with zero attached hydrogens (tertiary/aromatic N) is 1. The van der Waals surface area contributed by atoms with E-state index in [2.05, 4.69) is 4.90 Å². The van der Waals surface area contributed by atoms with E-state index in [9.17, 15) is 9.32 Å². The van der Waals surface area contributed by atoms with Gasteiger partial charge in [0.15, 0.2) is 0 Å². The van der Waals surface area contributed by atoms with E-state index < -0.39 is 10.8 Å². The lowest BCUT2D eigenvalue weighted by Crippen LogP contribution is -2.48. The lowest BCUT2D eigenvalue weighted by molar-refractivity contribution is -0.0330. The maximum Gasteiger partial charge on any atom is 0.0501 e. The molecule has 2 rings (SSSR count). The zero-order valence-electron chi connectivity index (χ0n) is 9.69. The Morgan fingerprint density at radius 2 is 1.88 bits per heavy atom. The topological polar surface area (TPSA) is 49.8 Å². The van der Waals surface area contributed by atoms with E-state index in [1.165, 1.54) is 0 Å². The van der Waals surface area contributed by atoms with Crippen molar-refractivity contribution in [1.29, 1.82) is 0 Å². The molecule has 2 aliphatic heterocycles. The monoisotopic (exact) mass is 247 g/mol. The van der Waals surface area contributed by atoms with Crippen molar-refractivity contribution in [3.63, 3.8) is 0 Å². The van der Waals surface area contributed by atoms with E-state index in [0.717, 1.165) is 57.2 Å². The van der Waals surface area contributed by atoms with Crippen molar-refractivity contribution < 1.29 is 14.1 Å². The summed E-state index contributed by atoms with van der Waals surface area (Å²) in [5.41, 5.74) is 0.0249. The molecular formula is C11H21NO3S. The largest absolute Gasteiger partial charge is 0.396 e. The zero-order valence-corrected chi connectivity index (χ0v) is 10.5. The first-order chi connectivity index (χ1) is 7.74. The second-order valence-corrected chi connectivity index (χ2v) is 6.59. The Hall–Kier alpha value is 0.0300. The maximum absolute atomic E-state index is 11.3. The molecule has 0 spiro atoms. The summed E-state index contributed by atoms with van der Waals surface area (Å²) in [7, 11) is -0.612. The Kier molecular flexibility index (Phi) is 4.35. The molecule has 0 aliphatic carbocycles. The molecule has 1 N–H and O–H groups in total. The van der Waals surface area contributed by atoms with E-state index in [1.54, 1.807) is 0 Å². The van der Waals surface area contributed by atoms with Crippen LogP contribution in [0.3, 0.4) is 0 Å². The molecule has 0 radical (unpaired) electrons. The van der Waals surface area contributed by atoms with Crippen LogP contribution in [0.15, 0.2) is 0 Å². The molecule has 0 aromatic heterocycles. The van der Waals surface area contributed by atoms with Crippen LogP contribution in [0, 0.1) is 5.41 Å². The van der Waals surface area contributed by atoms with Gasteiger partial charge < -0.3 is 14.7 Å². The Labute approximate surface area is 99.4 Å². The van der Waals surface area contributed by atoms with Crippen molar-refractivity contribution in [3.05, 3.63) is 0 Å². The van der Waals surface area contributed by atoms with Crippen LogP contribution in [0.25, 0.3) is 0 Å².